The number of halogens is 1. The molecule has 4 aromatic rings. The summed E-state index contributed by atoms with van der Waals surface area (Å²) < 4.78 is 15.0. The van der Waals surface area contributed by atoms with Crippen LogP contribution in [0.3, 0.4) is 0 Å². The molecule has 9 heteroatoms. The Morgan fingerprint density at radius 1 is 0.972 bits per heavy atom. The molecule has 1 unspecified atom stereocenters. The van der Waals surface area contributed by atoms with Crippen molar-refractivity contribution >= 4 is 16.7 Å². The van der Waals surface area contributed by atoms with Gasteiger partial charge in [0.2, 0.25) is 0 Å². The summed E-state index contributed by atoms with van der Waals surface area (Å²) in [5.74, 6) is -0.297. The van der Waals surface area contributed by atoms with Crippen molar-refractivity contribution in [2.45, 2.75) is 6.04 Å². The zero-order valence-electron chi connectivity index (χ0n) is 19.6. The van der Waals surface area contributed by atoms with Crippen molar-refractivity contribution in [3.63, 3.8) is 0 Å². The number of rotatable bonds is 4. The number of fused-ring (bicyclic) bond motifs is 1. The van der Waals surface area contributed by atoms with Crippen LogP contribution in [-0.2, 0) is 7.05 Å². The maximum absolute atomic E-state index is 13.6. The van der Waals surface area contributed by atoms with Gasteiger partial charge in [-0.15, -0.1) is 0 Å². The minimum absolute atomic E-state index is 0.0147. The van der Waals surface area contributed by atoms with Crippen LogP contribution >= 0.6 is 0 Å². The van der Waals surface area contributed by atoms with Gasteiger partial charge in [-0.25, -0.2) is 9.37 Å². The third kappa shape index (κ3) is 4.06. The van der Waals surface area contributed by atoms with Gasteiger partial charge in [0.1, 0.15) is 34.7 Å². The number of aryl methyl sites for hydroxylation is 1. The molecule has 8 nitrogen and oxygen atoms in total. The number of pyridine rings is 3. The van der Waals surface area contributed by atoms with Crippen molar-refractivity contribution in [3.8, 4) is 12.1 Å². The largest absolute Gasteiger partial charge is 0.366 e. The average molecular weight is 480 g/mol. The van der Waals surface area contributed by atoms with Gasteiger partial charge in [0, 0.05) is 39.4 Å². The minimum atomic E-state index is -0.397. The monoisotopic (exact) mass is 479 g/mol. The van der Waals surface area contributed by atoms with E-state index >= 15 is 0 Å². The van der Waals surface area contributed by atoms with E-state index in [0.717, 1.165) is 11.3 Å². The molecular weight excluding hydrogens is 457 g/mol. The summed E-state index contributed by atoms with van der Waals surface area (Å²) in [6.07, 6.45) is 1.74. The van der Waals surface area contributed by atoms with Gasteiger partial charge in [0.25, 0.3) is 5.56 Å². The zero-order chi connectivity index (χ0) is 25.2. The highest BCUT2D eigenvalue weighted by Crippen LogP contribution is 2.32. The van der Waals surface area contributed by atoms with Crippen LogP contribution in [0.15, 0.2) is 65.6 Å². The van der Waals surface area contributed by atoms with E-state index in [1.165, 1.54) is 16.7 Å². The van der Waals surface area contributed by atoms with Crippen LogP contribution in [0.5, 0.6) is 0 Å². The van der Waals surface area contributed by atoms with Gasteiger partial charge in [-0.1, -0.05) is 18.2 Å². The molecular formula is C27H22FN7O. The number of benzene rings is 1. The molecule has 178 valence electrons. The summed E-state index contributed by atoms with van der Waals surface area (Å²) in [4.78, 5) is 26.3. The first-order chi connectivity index (χ1) is 17.5. The number of hydrogen-bond acceptors (Lipinski definition) is 7. The minimum Gasteiger partial charge on any atom is -0.366 e. The lowest BCUT2D eigenvalue weighted by atomic mass is 10.00. The molecule has 0 aliphatic carbocycles. The van der Waals surface area contributed by atoms with E-state index in [4.69, 9.17) is 0 Å². The molecule has 0 bridgehead atoms. The van der Waals surface area contributed by atoms with Crippen molar-refractivity contribution in [1.82, 2.24) is 19.4 Å². The molecule has 0 spiro atoms. The first-order valence-corrected chi connectivity index (χ1v) is 11.5. The topological polar surface area (TPSA) is 102 Å². The van der Waals surface area contributed by atoms with Crippen molar-refractivity contribution in [1.29, 1.82) is 10.5 Å². The third-order valence-electron chi connectivity index (χ3n) is 6.59. The SMILES string of the molecule is Cn1c(=O)c(C#N)c(N2CCN(C(c3ccc(F)cc3)c3ccccn3)CC2)c2nc(C#N)ccc21. The molecule has 3 aromatic heterocycles. The second kappa shape index (κ2) is 9.57. The molecule has 1 aliphatic heterocycles. The Morgan fingerprint density at radius 3 is 2.36 bits per heavy atom. The lowest BCUT2D eigenvalue weighted by Gasteiger charge is -2.40. The molecule has 0 radical (unpaired) electrons. The quantitative estimate of drug-likeness (QED) is 0.443. The summed E-state index contributed by atoms with van der Waals surface area (Å²) in [5.41, 5.74) is 3.11. The van der Waals surface area contributed by atoms with E-state index in [2.05, 4.69) is 20.9 Å². The Bertz CT molecular complexity index is 1560. The summed E-state index contributed by atoms with van der Waals surface area (Å²) >= 11 is 0. The third-order valence-corrected chi connectivity index (χ3v) is 6.59. The summed E-state index contributed by atoms with van der Waals surface area (Å²) in [5, 5.41) is 19.3. The zero-order valence-corrected chi connectivity index (χ0v) is 19.6. The van der Waals surface area contributed by atoms with Gasteiger partial charge in [0.15, 0.2) is 0 Å². The standard InChI is InChI=1S/C27H22FN7O/c1-33-23-10-9-20(16-29)32-24(23)26(21(17-30)27(33)36)35-14-12-34(13-15-35)25(22-4-2-3-11-31-22)18-5-7-19(28)8-6-18/h2-11,25H,12-15H2,1H3. The number of nitrogens with zero attached hydrogens (tertiary/aromatic N) is 7. The fourth-order valence-electron chi connectivity index (χ4n) is 4.82. The highest BCUT2D eigenvalue weighted by Gasteiger charge is 2.30. The highest BCUT2D eigenvalue weighted by molar-refractivity contribution is 5.92. The maximum Gasteiger partial charge on any atom is 0.270 e. The van der Waals surface area contributed by atoms with E-state index in [0.29, 0.717) is 42.9 Å². The van der Waals surface area contributed by atoms with E-state index in [-0.39, 0.29) is 23.1 Å². The van der Waals surface area contributed by atoms with Gasteiger partial charge in [-0.2, -0.15) is 10.5 Å². The highest BCUT2D eigenvalue weighted by atomic mass is 19.1. The van der Waals surface area contributed by atoms with Crippen LogP contribution in [-0.4, -0.2) is 45.6 Å². The van der Waals surface area contributed by atoms with E-state index in [9.17, 15) is 19.7 Å². The Labute approximate surface area is 207 Å². The number of hydrogen-bond donors (Lipinski definition) is 0. The first-order valence-electron chi connectivity index (χ1n) is 11.5. The fourth-order valence-corrected chi connectivity index (χ4v) is 4.82. The van der Waals surface area contributed by atoms with Gasteiger partial charge in [0.05, 0.1) is 22.9 Å². The maximum atomic E-state index is 13.6. The second-order valence-corrected chi connectivity index (χ2v) is 8.61. The van der Waals surface area contributed by atoms with Crippen LogP contribution in [0.2, 0.25) is 0 Å². The molecule has 1 saturated heterocycles. The normalized spacial score (nSPS) is 14.8. The molecule has 1 fully saturated rings. The van der Waals surface area contributed by atoms with Crippen LogP contribution < -0.4 is 10.5 Å². The molecule has 1 atom stereocenters. The van der Waals surface area contributed by atoms with Crippen LogP contribution in [0.25, 0.3) is 11.0 Å². The smallest absolute Gasteiger partial charge is 0.270 e. The molecule has 4 heterocycles. The van der Waals surface area contributed by atoms with E-state index < -0.39 is 5.56 Å². The van der Waals surface area contributed by atoms with E-state index in [1.54, 1.807) is 37.5 Å². The molecule has 0 saturated carbocycles. The van der Waals surface area contributed by atoms with Gasteiger partial charge in [-0.05, 0) is 42.0 Å². The van der Waals surface area contributed by atoms with Crippen molar-refractivity contribution in [3.05, 3.63) is 99.5 Å². The number of anilines is 1. The van der Waals surface area contributed by atoms with Gasteiger partial charge >= 0.3 is 0 Å². The molecule has 5 rings (SSSR count). The molecule has 1 aliphatic rings. The Morgan fingerprint density at radius 2 is 1.72 bits per heavy atom. The van der Waals surface area contributed by atoms with E-state index in [1.807, 2.05) is 29.2 Å². The lowest BCUT2D eigenvalue weighted by molar-refractivity contribution is 0.209. The Kier molecular flexibility index (Phi) is 6.16. The summed E-state index contributed by atoms with van der Waals surface area (Å²) in [7, 11) is 1.60. The van der Waals surface area contributed by atoms with Crippen molar-refractivity contribution < 1.29 is 4.39 Å². The second-order valence-electron chi connectivity index (χ2n) is 8.61. The van der Waals surface area contributed by atoms with Crippen molar-refractivity contribution in [2.24, 2.45) is 7.05 Å². The Hall–Kier alpha value is -4.60. The Balaban J connectivity index is 1.52. The van der Waals surface area contributed by atoms with Crippen molar-refractivity contribution in [2.75, 3.05) is 31.1 Å². The van der Waals surface area contributed by atoms with Crippen LogP contribution in [0.4, 0.5) is 10.1 Å². The van der Waals surface area contributed by atoms with Crippen LogP contribution in [0, 0.1) is 28.5 Å². The number of aromatic nitrogens is 3. The lowest BCUT2D eigenvalue weighted by Crippen LogP contribution is -2.48. The summed E-state index contributed by atoms with van der Waals surface area (Å²) in [6.45, 7) is 2.27. The predicted octanol–water partition coefficient (Wildman–Crippen LogP) is 3.12. The summed E-state index contributed by atoms with van der Waals surface area (Å²) in [6, 6.07) is 19.4. The molecule has 0 N–H and O–H groups in total. The molecule has 1 aromatic carbocycles. The number of nitriles is 2. The predicted molar refractivity (Wildman–Crippen MR) is 133 cm³/mol. The number of piperazine rings is 1. The van der Waals surface area contributed by atoms with Crippen LogP contribution in [0.1, 0.15) is 28.6 Å². The average Bonchev–Trinajstić information content (AvgIpc) is 2.92. The molecule has 36 heavy (non-hydrogen) atoms. The first kappa shape index (κ1) is 23.2. The van der Waals surface area contributed by atoms with Gasteiger partial charge < -0.3 is 9.47 Å². The fraction of sp³-hybridized carbons (Fsp3) is 0.222. The molecule has 0 amide bonds. The van der Waals surface area contributed by atoms with Gasteiger partial charge in [-0.3, -0.25) is 14.7 Å².